The van der Waals surface area contributed by atoms with Gasteiger partial charge in [-0.15, -0.1) is 6.42 Å². The van der Waals surface area contributed by atoms with Crippen molar-refractivity contribution in [1.29, 1.82) is 0 Å². The van der Waals surface area contributed by atoms with Gasteiger partial charge in [-0.1, -0.05) is 5.92 Å². The lowest BCUT2D eigenvalue weighted by Crippen LogP contribution is -1.95. The van der Waals surface area contributed by atoms with Crippen LogP contribution in [0.5, 0.6) is 11.5 Å². The molecule has 6 nitrogen and oxygen atoms in total. The van der Waals surface area contributed by atoms with Gasteiger partial charge in [0.25, 0.3) is 0 Å². The van der Waals surface area contributed by atoms with Gasteiger partial charge in [0.1, 0.15) is 29.4 Å². The molecule has 2 aromatic heterocycles. The van der Waals surface area contributed by atoms with Gasteiger partial charge in [0.15, 0.2) is 0 Å². The quantitative estimate of drug-likeness (QED) is 0.740. The van der Waals surface area contributed by atoms with E-state index in [4.69, 9.17) is 15.9 Å². The minimum atomic E-state index is 0.208. The Bertz CT molecular complexity index is 787. The molecule has 0 amide bonds. The molecule has 3 rings (SSSR count). The number of benzene rings is 1. The highest BCUT2D eigenvalue weighted by atomic mass is 16.5. The molecule has 0 aliphatic rings. The molecule has 0 saturated heterocycles. The van der Waals surface area contributed by atoms with E-state index in [0.717, 1.165) is 16.6 Å². The van der Waals surface area contributed by atoms with Crippen LogP contribution in [-0.2, 0) is 0 Å². The molecule has 2 heterocycles. The molecule has 0 radical (unpaired) electrons. The van der Waals surface area contributed by atoms with Crippen LogP contribution in [0.15, 0.2) is 30.6 Å². The van der Waals surface area contributed by atoms with Crippen LogP contribution in [0.2, 0.25) is 0 Å². The number of nitrogens with zero attached hydrogens (tertiary/aromatic N) is 3. The SMILES string of the molecule is C#CCOc1ccc(OC)c(-c2nc3cnncc3[nH]2)c1. The molecule has 0 unspecified atom stereocenters. The summed E-state index contributed by atoms with van der Waals surface area (Å²) in [7, 11) is 1.60. The van der Waals surface area contributed by atoms with Gasteiger partial charge in [0.05, 0.1) is 30.6 Å². The Hall–Kier alpha value is -3.07. The Morgan fingerprint density at radius 2 is 2.14 bits per heavy atom. The number of methoxy groups -OCH3 is 1. The largest absolute Gasteiger partial charge is 0.496 e. The summed E-state index contributed by atoms with van der Waals surface area (Å²) in [5, 5.41) is 7.63. The zero-order valence-electron chi connectivity index (χ0n) is 11.3. The highest BCUT2D eigenvalue weighted by Crippen LogP contribution is 2.32. The van der Waals surface area contributed by atoms with Crippen LogP contribution in [0.3, 0.4) is 0 Å². The monoisotopic (exact) mass is 280 g/mol. The second kappa shape index (κ2) is 5.51. The first-order valence-electron chi connectivity index (χ1n) is 6.23. The molecule has 0 atom stereocenters. The molecule has 0 fully saturated rings. The molecule has 0 aliphatic carbocycles. The van der Waals surface area contributed by atoms with Crippen molar-refractivity contribution >= 4 is 11.0 Å². The summed E-state index contributed by atoms with van der Waals surface area (Å²) >= 11 is 0. The Kier molecular flexibility index (Phi) is 3.39. The molecule has 21 heavy (non-hydrogen) atoms. The van der Waals surface area contributed by atoms with Gasteiger partial charge in [0.2, 0.25) is 0 Å². The smallest absolute Gasteiger partial charge is 0.148 e. The number of rotatable bonds is 4. The summed E-state index contributed by atoms with van der Waals surface area (Å²) in [6.45, 7) is 0.208. The normalized spacial score (nSPS) is 10.3. The Labute approximate surface area is 121 Å². The van der Waals surface area contributed by atoms with Crippen LogP contribution < -0.4 is 9.47 Å². The standard InChI is InChI=1S/C15H12N4O2/c1-3-6-21-10-4-5-14(20-2)11(7-10)15-18-12-8-16-17-9-13(12)19-15/h1,4-5,7-9H,6H2,2H3,(H,18,19). The van der Waals surface area contributed by atoms with Crippen molar-refractivity contribution in [3.63, 3.8) is 0 Å². The summed E-state index contributed by atoms with van der Waals surface area (Å²) in [6, 6.07) is 5.44. The van der Waals surface area contributed by atoms with E-state index in [2.05, 4.69) is 26.1 Å². The van der Waals surface area contributed by atoms with Crippen LogP contribution in [-0.4, -0.2) is 33.9 Å². The van der Waals surface area contributed by atoms with Crippen LogP contribution in [0.1, 0.15) is 0 Å². The van der Waals surface area contributed by atoms with E-state index >= 15 is 0 Å². The van der Waals surface area contributed by atoms with Crippen LogP contribution in [0.4, 0.5) is 0 Å². The number of aromatic amines is 1. The fourth-order valence-electron chi connectivity index (χ4n) is 1.99. The van der Waals surface area contributed by atoms with Gasteiger partial charge in [-0.05, 0) is 18.2 Å². The lowest BCUT2D eigenvalue weighted by atomic mass is 10.2. The van der Waals surface area contributed by atoms with Crippen molar-refractivity contribution in [2.24, 2.45) is 0 Å². The molecule has 6 heteroatoms. The van der Waals surface area contributed by atoms with Gasteiger partial charge in [0, 0.05) is 0 Å². The molecule has 1 N–H and O–H groups in total. The minimum Gasteiger partial charge on any atom is -0.496 e. The van der Waals surface area contributed by atoms with Crippen LogP contribution in [0.25, 0.3) is 22.4 Å². The van der Waals surface area contributed by atoms with Gasteiger partial charge < -0.3 is 14.5 Å². The molecule has 3 aromatic rings. The average Bonchev–Trinajstić information content (AvgIpc) is 2.96. The van der Waals surface area contributed by atoms with Crippen molar-refractivity contribution in [2.75, 3.05) is 13.7 Å². The Morgan fingerprint density at radius 3 is 2.90 bits per heavy atom. The summed E-state index contributed by atoms with van der Waals surface area (Å²) < 4.78 is 10.8. The summed E-state index contributed by atoms with van der Waals surface area (Å²) in [5.41, 5.74) is 2.32. The van der Waals surface area contributed by atoms with Crippen LogP contribution in [0, 0.1) is 12.3 Å². The molecule has 0 saturated carbocycles. The zero-order valence-corrected chi connectivity index (χ0v) is 11.3. The number of imidazole rings is 1. The van der Waals surface area contributed by atoms with Crippen molar-refractivity contribution in [3.05, 3.63) is 30.6 Å². The number of hydrogen-bond acceptors (Lipinski definition) is 5. The maximum Gasteiger partial charge on any atom is 0.148 e. The molecule has 0 aliphatic heterocycles. The number of terminal acetylenes is 1. The van der Waals surface area contributed by atoms with E-state index in [9.17, 15) is 0 Å². The number of H-pyrrole nitrogens is 1. The highest BCUT2D eigenvalue weighted by Gasteiger charge is 2.12. The minimum absolute atomic E-state index is 0.208. The third kappa shape index (κ3) is 2.49. The van der Waals surface area contributed by atoms with E-state index in [0.29, 0.717) is 17.3 Å². The van der Waals surface area contributed by atoms with Crippen molar-refractivity contribution in [2.45, 2.75) is 0 Å². The molecule has 1 aromatic carbocycles. The second-order valence-electron chi connectivity index (χ2n) is 4.23. The summed E-state index contributed by atoms with van der Waals surface area (Å²) in [5.74, 6) is 4.42. The highest BCUT2D eigenvalue weighted by molar-refractivity contribution is 5.79. The lowest BCUT2D eigenvalue weighted by molar-refractivity contribution is 0.368. The third-order valence-electron chi connectivity index (χ3n) is 2.94. The van der Waals surface area contributed by atoms with Gasteiger partial charge in [-0.2, -0.15) is 10.2 Å². The zero-order chi connectivity index (χ0) is 14.7. The topological polar surface area (TPSA) is 72.9 Å². The second-order valence-corrected chi connectivity index (χ2v) is 4.23. The predicted octanol–water partition coefficient (Wildman–Crippen LogP) is 2.04. The maximum atomic E-state index is 5.43. The number of aromatic nitrogens is 4. The predicted molar refractivity (Wildman–Crippen MR) is 78.0 cm³/mol. The molecular formula is C15H12N4O2. The Balaban J connectivity index is 2.08. The number of hydrogen-bond donors (Lipinski definition) is 1. The van der Waals surface area contributed by atoms with E-state index in [1.54, 1.807) is 25.6 Å². The van der Waals surface area contributed by atoms with E-state index < -0.39 is 0 Å². The molecule has 0 spiro atoms. The van der Waals surface area contributed by atoms with E-state index in [-0.39, 0.29) is 6.61 Å². The van der Waals surface area contributed by atoms with Gasteiger partial charge >= 0.3 is 0 Å². The number of ether oxygens (including phenoxy) is 2. The third-order valence-corrected chi connectivity index (χ3v) is 2.94. The molecule has 0 bridgehead atoms. The van der Waals surface area contributed by atoms with E-state index in [1.165, 1.54) is 0 Å². The number of nitrogens with one attached hydrogen (secondary N) is 1. The fourth-order valence-corrected chi connectivity index (χ4v) is 1.99. The first kappa shape index (κ1) is 12.9. The maximum absolute atomic E-state index is 5.43. The van der Waals surface area contributed by atoms with Gasteiger partial charge in [-0.3, -0.25) is 0 Å². The van der Waals surface area contributed by atoms with Gasteiger partial charge in [-0.25, -0.2) is 4.98 Å². The first-order valence-corrected chi connectivity index (χ1v) is 6.23. The average molecular weight is 280 g/mol. The summed E-state index contributed by atoms with van der Waals surface area (Å²) in [4.78, 5) is 7.66. The first-order chi connectivity index (χ1) is 10.3. The Morgan fingerprint density at radius 1 is 1.29 bits per heavy atom. The lowest BCUT2D eigenvalue weighted by Gasteiger charge is -2.09. The summed E-state index contributed by atoms with van der Waals surface area (Å²) in [6.07, 6.45) is 8.42. The number of fused-ring (bicyclic) bond motifs is 1. The van der Waals surface area contributed by atoms with Crippen molar-refractivity contribution in [1.82, 2.24) is 20.2 Å². The van der Waals surface area contributed by atoms with Crippen molar-refractivity contribution < 1.29 is 9.47 Å². The van der Waals surface area contributed by atoms with E-state index in [1.807, 2.05) is 12.1 Å². The van der Waals surface area contributed by atoms with Crippen molar-refractivity contribution in [3.8, 4) is 35.2 Å². The fraction of sp³-hybridized carbons (Fsp3) is 0.133. The molecular weight excluding hydrogens is 268 g/mol. The molecule has 104 valence electrons. The van der Waals surface area contributed by atoms with Crippen LogP contribution >= 0.6 is 0 Å².